The van der Waals surface area contributed by atoms with E-state index in [1.165, 1.54) is 0 Å². The first-order valence-corrected chi connectivity index (χ1v) is 0. The van der Waals surface area contributed by atoms with Gasteiger partial charge in [0.15, 0.2) is 0 Å². The van der Waals surface area contributed by atoms with Gasteiger partial charge in [-0.2, -0.15) is 0 Å². The molecule has 0 bridgehead atoms. The van der Waals surface area contributed by atoms with Crippen LogP contribution in [0, 0.1) is 0 Å². The third kappa shape index (κ3) is 49.6. The molecule has 0 spiro atoms. The minimum absolute atomic E-state index is 0. The van der Waals surface area contributed by atoms with E-state index in [0.29, 0.717) is 0 Å². The second-order valence-corrected chi connectivity index (χ2v) is 0. The van der Waals surface area contributed by atoms with Crippen LogP contribution in [-0.2, 0) is 50.6 Å². The van der Waals surface area contributed by atoms with Gasteiger partial charge in [0.2, 0.25) is 0 Å². The minimum Gasteiger partial charge on any atom is -2.00 e. The van der Waals surface area contributed by atoms with Crippen LogP contribution in [-0.4, -0.2) is 0 Å². The average Bonchev–Trinajstić information content (AvgIpc) is 0. The van der Waals surface area contributed by atoms with E-state index in [1.807, 2.05) is 0 Å². The molecule has 0 aromatic carbocycles. The van der Waals surface area contributed by atoms with Crippen molar-refractivity contribution in [1.29, 1.82) is 0 Å². The number of hydrogen-bond acceptors (Lipinski definition) is 0. The Bertz CT molecular complexity index is 4.85. The summed E-state index contributed by atoms with van der Waals surface area (Å²) in [7, 11) is 0. The monoisotopic (exact) mass is 160 g/mol. The molecule has 0 unspecified atom stereocenters. The van der Waals surface area contributed by atoms with Crippen LogP contribution in [0.1, 0.15) is 0 Å². The van der Waals surface area contributed by atoms with Gasteiger partial charge in [-0.05, 0) is 0 Å². The molecular weight excluding hydrogens is 160 g/mol. The summed E-state index contributed by atoms with van der Waals surface area (Å²) in [6, 6.07) is 0. The fraction of sp³-hybridized carbons (Fsp3) is 0. The summed E-state index contributed by atoms with van der Waals surface area (Å²) in [4.78, 5) is 0. The molecule has 0 amide bonds. The predicted octanol–water partition coefficient (Wildman–Crippen LogP) is -0.361. The van der Waals surface area contributed by atoms with E-state index in [0.717, 1.165) is 0 Å². The van der Waals surface area contributed by atoms with Crippen molar-refractivity contribution in [2.24, 2.45) is 0 Å². The van der Waals surface area contributed by atoms with Crippen molar-refractivity contribution < 1.29 is 50.6 Å². The molecule has 0 radical (unpaired) electrons. The molecule has 3 nitrogen and oxygen atoms in total. The Balaban J connectivity index is 0. The number of hydrogen-bond donors (Lipinski definition) is 0. The van der Waals surface area contributed by atoms with E-state index in [2.05, 4.69) is 0 Å². The molecule has 0 aliphatic rings. The topological polar surface area (TPSA) is 85.5 Å². The second-order valence-electron chi connectivity index (χ2n) is 0. The molecule has 0 rings (SSSR count). The maximum atomic E-state index is 0. The average molecular weight is 160 g/mol. The SMILES string of the molecule is [Fe+2].[Fe+2].[O-2].[O-2].[O-2]. The van der Waals surface area contributed by atoms with Gasteiger partial charge >= 0.3 is 34.1 Å². The Morgan fingerprint density at radius 1 is 0.400 bits per heavy atom. The fourth-order valence-electron chi connectivity index (χ4n) is 0. The Kier molecular flexibility index (Phi) is 3030. The summed E-state index contributed by atoms with van der Waals surface area (Å²) in [5.74, 6) is 0. The summed E-state index contributed by atoms with van der Waals surface area (Å²) in [5.41, 5.74) is 0. The van der Waals surface area contributed by atoms with E-state index in [-0.39, 0.29) is 50.6 Å². The zero-order chi connectivity index (χ0) is 0. The van der Waals surface area contributed by atoms with Gasteiger partial charge < -0.3 is 16.4 Å². The Hall–Kier alpha value is 0.919. The van der Waals surface area contributed by atoms with Crippen molar-refractivity contribution in [2.75, 3.05) is 0 Å². The third-order valence-corrected chi connectivity index (χ3v) is 0. The van der Waals surface area contributed by atoms with Crippen molar-refractivity contribution >= 4 is 0 Å². The summed E-state index contributed by atoms with van der Waals surface area (Å²) in [6.45, 7) is 0. The molecule has 5 heavy (non-hydrogen) atoms. The predicted molar refractivity (Wildman–Crippen MR) is 2.06 cm³/mol. The smallest absolute Gasteiger partial charge is 2.00 e. The van der Waals surface area contributed by atoms with E-state index >= 15 is 0 Å². The number of rotatable bonds is 0. The van der Waals surface area contributed by atoms with Crippen LogP contribution in [0.15, 0.2) is 0 Å². The molecule has 5 heteroatoms. The van der Waals surface area contributed by atoms with Crippen LogP contribution in [0.3, 0.4) is 0 Å². The molecular formula is Fe2O3-2. The zero-order valence-electron chi connectivity index (χ0n) is 1.93. The largest absolute Gasteiger partial charge is 2.00 e. The molecule has 0 saturated carbocycles. The van der Waals surface area contributed by atoms with Crippen molar-refractivity contribution in [3.63, 3.8) is 0 Å². The van der Waals surface area contributed by atoms with Crippen LogP contribution in [0.2, 0.25) is 0 Å². The maximum Gasteiger partial charge on any atom is 2.00 e. The molecule has 0 fully saturated rings. The molecule has 0 atom stereocenters. The van der Waals surface area contributed by atoms with E-state index < -0.39 is 0 Å². The Morgan fingerprint density at radius 2 is 0.400 bits per heavy atom. The van der Waals surface area contributed by atoms with Gasteiger partial charge in [0.05, 0.1) is 0 Å². The quantitative estimate of drug-likeness (QED) is 0.433. The molecule has 0 N–H and O–H groups in total. The molecule has 0 heterocycles. The van der Waals surface area contributed by atoms with Gasteiger partial charge in [-0.25, -0.2) is 0 Å². The first-order chi connectivity index (χ1) is 0. The Morgan fingerprint density at radius 3 is 0.400 bits per heavy atom. The molecule has 0 aromatic rings. The summed E-state index contributed by atoms with van der Waals surface area (Å²) < 4.78 is 0. The summed E-state index contributed by atoms with van der Waals surface area (Å²) in [6.07, 6.45) is 0. The van der Waals surface area contributed by atoms with Crippen molar-refractivity contribution in [3.8, 4) is 0 Å². The van der Waals surface area contributed by atoms with Crippen molar-refractivity contribution in [3.05, 3.63) is 0 Å². The normalized spacial score (nSPS) is 0. The van der Waals surface area contributed by atoms with Gasteiger partial charge in [0.25, 0.3) is 0 Å². The van der Waals surface area contributed by atoms with E-state index in [1.54, 1.807) is 0 Å². The standard InChI is InChI=1S/2Fe.3O/q2*+2;3*-2. The van der Waals surface area contributed by atoms with E-state index in [9.17, 15) is 0 Å². The van der Waals surface area contributed by atoms with Crippen molar-refractivity contribution in [2.45, 2.75) is 0 Å². The first-order valence-electron chi connectivity index (χ1n) is 0. The van der Waals surface area contributed by atoms with Crippen molar-refractivity contribution in [1.82, 2.24) is 0 Å². The molecule has 0 saturated heterocycles. The fourth-order valence-corrected chi connectivity index (χ4v) is 0. The minimum atomic E-state index is 0. The summed E-state index contributed by atoms with van der Waals surface area (Å²) >= 11 is 0. The molecule has 0 aliphatic heterocycles. The molecule has 36 valence electrons. The van der Waals surface area contributed by atoms with Gasteiger partial charge in [-0.1, -0.05) is 0 Å². The summed E-state index contributed by atoms with van der Waals surface area (Å²) in [5, 5.41) is 0. The van der Waals surface area contributed by atoms with Gasteiger partial charge in [0, 0.05) is 0 Å². The van der Waals surface area contributed by atoms with Gasteiger partial charge in [-0.3, -0.25) is 0 Å². The zero-order valence-corrected chi connectivity index (χ0v) is 4.14. The maximum absolute atomic E-state index is 0. The van der Waals surface area contributed by atoms with Crippen LogP contribution < -0.4 is 0 Å². The Labute approximate surface area is 51.0 Å². The van der Waals surface area contributed by atoms with Crippen LogP contribution in [0.25, 0.3) is 0 Å². The van der Waals surface area contributed by atoms with E-state index in [4.69, 9.17) is 0 Å². The molecule has 0 aromatic heterocycles. The third-order valence-electron chi connectivity index (χ3n) is 0. The first kappa shape index (κ1) is 170. The van der Waals surface area contributed by atoms with Crippen LogP contribution >= 0.6 is 0 Å². The van der Waals surface area contributed by atoms with Crippen LogP contribution in [0.4, 0.5) is 0 Å². The van der Waals surface area contributed by atoms with Crippen LogP contribution in [0.5, 0.6) is 0 Å². The molecule has 0 aliphatic carbocycles. The second kappa shape index (κ2) is 89.5. The van der Waals surface area contributed by atoms with Gasteiger partial charge in [0.1, 0.15) is 0 Å². The van der Waals surface area contributed by atoms with Gasteiger partial charge in [-0.15, -0.1) is 0 Å².